The van der Waals surface area contributed by atoms with Gasteiger partial charge in [0.25, 0.3) is 0 Å². The van der Waals surface area contributed by atoms with Gasteiger partial charge in [-0.3, -0.25) is 0 Å². The predicted molar refractivity (Wildman–Crippen MR) is 77.3 cm³/mol. The molecule has 0 heterocycles. The van der Waals surface area contributed by atoms with Gasteiger partial charge >= 0.3 is 0 Å². The molecule has 0 rings (SSSR count). The smallest absolute Gasteiger partial charge is 0.0456 e. The number of hydrogen-bond donors (Lipinski definition) is 1. The molecule has 0 aliphatic rings. The molecular weight excluding hydrogens is 208 g/mol. The Bertz CT molecular complexity index is 133. The second-order valence-corrected chi connectivity index (χ2v) is 5.61. The van der Waals surface area contributed by atoms with Crippen LogP contribution in [-0.2, 0) is 0 Å². The van der Waals surface area contributed by atoms with E-state index in [0.29, 0.717) is 12.5 Å². The van der Waals surface area contributed by atoms with E-state index in [2.05, 4.69) is 13.8 Å². The van der Waals surface area contributed by atoms with Crippen molar-refractivity contribution in [2.24, 2.45) is 5.92 Å². The lowest BCUT2D eigenvalue weighted by molar-refractivity contribution is 0.227. The fourth-order valence-electron chi connectivity index (χ4n) is 2.25. The summed E-state index contributed by atoms with van der Waals surface area (Å²) in [7, 11) is 0. The van der Waals surface area contributed by atoms with Crippen molar-refractivity contribution < 1.29 is 5.11 Å². The Morgan fingerprint density at radius 2 is 1.12 bits per heavy atom. The summed E-state index contributed by atoms with van der Waals surface area (Å²) in [4.78, 5) is 0. The molecular formula is C16H34O. The van der Waals surface area contributed by atoms with Gasteiger partial charge in [0.2, 0.25) is 0 Å². The molecule has 0 aromatic heterocycles. The average Bonchev–Trinajstić information content (AvgIpc) is 2.35. The average molecular weight is 242 g/mol. The quantitative estimate of drug-likeness (QED) is 0.434. The van der Waals surface area contributed by atoms with Crippen LogP contribution in [0.1, 0.15) is 90.9 Å². The number of aliphatic hydroxyl groups is 1. The van der Waals surface area contributed by atoms with E-state index in [1.165, 1.54) is 77.0 Å². The molecule has 104 valence electrons. The van der Waals surface area contributed by atoms with Gasteiger partial charge < -0.3 is 5.11 Å². The molecule has 0 aromatic carbocycles. The van der Waals surface area contributed by atoms with Crippen LogP contribution in [0.5, 0.6) is 0 Å². The number of hydrogen-bond acceptors (Lipinski definition) is 1. The largest absolute Gasteiger partial charge is 0.396 e. The zero-order valence-corrected chi connectivity index (χ0v) is 12.2. The highest BCUT2D eigenvalue weighted by molar-refractivity contribution is 4.52. The minimum atomic E-state index is 0.359. The summed E-state index contributed by atoms with van der Waals surface area (Å²) in [5.41, 5.74) is 0. The van der Waals surface area contributed by atoms with E-state index in [1.54, 1.807) is 0 Å². The zero-order chi connectivity index (χ0) is 12.8. The van der Waals surface area contributed by atoms with Gasteiger partial charge in [-0.05, 0) is 12.3 Å². The molecule has 1 heteroatoms. The third-order valence-electron chi connectivity index (χ3n) is 3.61. The molecule has 0 aliphatic carbocycles. The van der Waals surface area contributed by atoms with E-state index in [-0.39, 0.29) is 0 Å². The Hall–Kier alpha value is -0.0400. The highest BCUT2D eigenvalue weighted by Crippen LogP contribution is 2.13. The maximum atomic E-state index is 8.90. The lowest BCUT2D eigenvalue weighted by atomic mass is 10.0. The minimum absolute atomic E-state index is 0.359. The van der Waals surface area contributed by atoms with Crippen LogP contribution in [0.15, 0.2) is 0 Å². The molecule has 0 saturated heterocycles. The Balaban J connectivity index is 2.94. The SMILES string of the molecule is CCCCCCCCCCCCCC(C)CO. The molecule has 1 N–H and O–H groups in total. The predicted octanol–water partition coefficient (Wildman–Crippen LogP) is 5.32. The number of unbranched alkanes of at least 4 members (excludes halogenated alkanes) is 10. The summed E-state index contributed by atoms with van der Waals surface area (Å²) in [6.07, 6.45) is 16.7. The summed E-state index contributed by atoms with van der Waals surface area (Å²) in [5.74, 6) is 0.508. The fraction of sp³-hybridized carbons (Fsp3) is 1.00. The van der Waals surface area contributed by atoms with Crippen molar-refractivity contribution in [1.29, 1.82) is 0 Å². The van der Waals surface area contributed by atoms with Crippen LogP contribution in [0.3, 0.4) is 0 Å². The first-order valence-corrected chi connectivity index (χ1v) is 7.92. The molecule has 1 atom stereocenters. The van der Waals surface area contributed by atoms with Gasteiger partial charge in [-0.1, -0.05) is 84.5 Å². The van der Waals surface area contributed by atoms with Crippen molar-refractivity contribution in [2.75, 3.05) is 6.61 Å². The third kappa shape index (κ3) is 13.9. The van der Waals surface area contributed by atoms with Crippen LogP contribution in [0.25, 0.3) is 0 Å². The van der Waals surface area contributed by atoms with Crippen molar-refractivity contribution in [2.45, 2.75) is 90.9 Å². The van der Waals surface area contributed by atoms with Crippen LogP contribution in [0.2, 0.25) is 0 Å². The summed E-state index contributed by atoms with van der Waals surface area (Å²) < 4.78 is 0. The Morgan fingerprint density at radius 1 is 0.706 bits per heavy atom. The van der Waals surface area contributed by atoms with Crippen molar-refractivity contribution in [3.8, 4) is 0 Å². The summed E-state index contributed by atoms with van der Waals surface area (Å²) in [6, 6.07) is 0. The minimum Gasteiger partial charge on any atom is -0.396 e. The molecule has 0 saturated carbocycles. The van der Waals surface area contributed by atoms with E-state index < -0.39 is 0 Å². The van der Waals surface area contributed by atoms with Crippen LogP contribution in [-0.4, -0.2) is 11.7 Å². The zero-order valence-electron chi connectivity index (χ0n) is 12.2. The second kappa shape index (κ2) is 14.0. The first-order valence-electron chi connectivity index (χ1n) is 7.92. The monoisotopic (exact) mass is 242 g/mol. The summed E-state index contributed by atoms with van der Waals surface area (Å²) in [6.45, 7) is 4.77. The molecule has 0 aliphatic heterocycles. The van der Waals surface area contributed by atoms with Crippen LogP contribution in [0.4, 0.5) is 0 Å². The van der Waals surface area contributed by atoms with Crippen molar-refractivity contribution in [3.63, 3.8) is 0 Å². The maximum Gasteiger partial charge on any atom is 0.0456 e. The second-order valence-electron chi connectivity index (χ2n) is 5.61. The highest BCUT2D eigenvalue weighted by atomic mass is 16.3. The molecule has 0 fully saturated rings. The van der Waals surface area contributed by atoms with E-state index in [9.17, 15) is 0 Å². The first kappa shape index (κ1) is 17.0. The topological polar surface area (TPSA) is 20.2 Å². The fourth-order valence-corrected chi connectivity index (χ4v) is 2.25. The van der Waals surface area contributed by atoms with E-state index in [1.807, 2.05) is 0 Å². The molecule has 17 heavy (non-hydrogen) atoms. The van der Waals surface area contributed by atoms with E-state index >= 15 is 0 Å². The third-order valence-corrected chi connectivity index (χ3v) is 3.61. The Labute approximate surface area is 109 Å². The Morgan fingerprint density at radius 3 is 1.53 bits per heavy atom. The standard InChI is InChI=1S/C16H34O/c1-3-4-5-6-7-8-9-10-11-12-13-14-16(2)15-17/h16-17H,3-15H2,1-2H3. The molecule has 0 spiro atoms. The molecule has 0 aromatic rings. The van der Waals surface area contributed by atoms with Crippen molar-refractivity contribution in [3.05, 3.63) is 0 Å². The first-order chi connectivity index (χ1) is 8.31. The summed E-state index contributed by atoms with van der Waals surface area (Å²) >= 11 is 0. The van der Waals surface area contributed by atoms with Crippen molar-refractivity contribution in [1.82, 2.24) is 0 Å². The van der Waals surface area contributed by atoms with Crippen LogP contribution < -0.4 is 0 Å². The van der Waals surface area contributed by atoms with Gasteiger partial charge in [-0.2, -0.15) is 0 Å². The number of aliphatic hydroxyl groups excluding tert-OH is 1. The molecule has 0 bridgehead atoms. The van der Waals surface area contributed by atoms with Gasteiger partial charge in [0.1, 0.15) is 0 Å². The molecule has 0 amide bonds. The van der Waals surface area contributed by atoms with Gasteiger partial charge in [0.15, 0.2) is 0 Å². The van der Waals surface area contributed by atoms with E-state index in [4.69, 9.17) is 5.11 Å². The van der Waals surface area contributed by atoms with E-state index in [0.717, 1.165) is 0 Å². The molecule has 0 radical (unpaired) electrons. The maximum absolute atomic E-state index is 8.90. The van der Waals surface area contributed by atoms with Crippen LogP contribution in [0, 0.1) is 5.92 Å². The molecule has 1 nitrogen and oxygen atoms in total. The van der Waals surface area contributed by atoms with Gasteiger partial charge in [0, 0.05) is 6.61 Å². The molecule has 1 unspecified atom stereocenters. The number of rotatable bonds is 13. The lowest BCUT2D eigenvalue weighted by Crippen LogP contribution is -1.99. The lowest BCUT2D eigenvalue weighted by Gasteiger charge is -2.06. The van der Waals surface area contributed by atoms with Gasteiger partial charge in [-0.15, -0.1) is 0 Å². The normalized spacial score (nSPS) is 12.9. The van der Waals surface area contributed by atoms with Gasteiger partial charge in [-0.25, -0.2) is 0 Å². The van der Waals surface area contributed by atoms with Crippen molar-refractivity contribution >= 4 is 0 Å². The van der Waals surface area contributed by atoms with Crippen LogP contribution >= 0.6 is 0 Å². The Kier molecular flexibility index (Phi) is 14.0. The summed E-state index contributed by atoms with van der Waals surface area (Å²) in [5, 5.41) is 8.90. The highest BCUT2D eigenvalue weighted by Gasteiger charge is 1.99. The van der Waals surface area contributed by atoms with Gasteiger partial charge in [0.05, 0.1) is 0 Å².